The zero-order valence-corrected chi connectivity index (χ0v) is 14.9. The van der Waals surface area contributed by atoms with Gasteiger partial charge in [-0.05, 0) is 54.2 Å². The first-order chi connectivity index (χ1) is 12.7. The van der Waals surface area contributed by atoms with Crippen molar-refractivity contribution in [3.63, 3.8) is 0 Å². The number of aryl methyl sites for hydroxylation is 2. The van der Waals surface area contributed by atoms with Gasteiger partial charge in [-0.2, -0.15) is 0 Å². The number of halogens is 1. The Bertz CT molecular complexity index is 837. The second-order valence-corrected chi connectivity index (χ2v) is 7.01. The molecule has 5 heteroatoms. The molecule has 1 fully saturated rings. The first-order valence-electron chi connectivity index (χ1n) is 9.11. The second-order valence-electron chi connectivity index (χ2n) is 7.01. The summed E-state index contributed by atoms with van der Waals surface area (Å²) in [5, 5.41) is 2.90. The van der Waals surface area contributed by atoms with Gasteiger partial charge in [0.1, 0.15) is 17.6 Å². The van der Waals surface area contributed by atoms with Crippen molar-refractivity contribution in [3.05, 3.63) is 64.5 Å². The molecule has 0 unspecified atom stereocenters. The van der Waals surface area contributed by atoms with Gasteiger partial charge in [-0.1, -0.05) is 18.2 Å². The van der Waals surface area contributed by atoms with Gasteiger partial charge in [-0.25, -0.2) is 4.39 Å². The van der Waals surface area contributed by atoms with Crippen molar-refractivity contribution in [3.8, 4) is 5.75 Å². The highest BCUT2D eigenvalue weighted by Gasteiger charge is 2.32. The molecule has 4 nitrogen and oxygen atoms in total. The third kappa shape index (κ3) is 3.19. The molecular weight excluding hydrogens is 331 g/mol. The topological polar surface area (TPSA) is 41.6 Å². The Kier molecular flexibility index (Phi) is 4.64. The third-order valence-corrected chi connectivity index (χ3v) is 5.34. The summed E-state index contributed by atoms with van der Waals surface area (Å²) in [5.41, 5.74) is 4.51. The van der Waals surface area contributed by atoms with Gasteiger partial charge in [0.25, 0.3) is 0 Å². The molecular formula is C21H23FN2O2. The lowest BCUT2D eigenvalue weighted by Crippen LogP contribution is -2.49. The van der Waals surface area contributed by atoms with Crippen LogP contribution in [0.4, 0.5) is 4.39 Å². The van der Waals surface area contributed by atoms with Crippen molar-refractivity contribution < 1.29 is 13.9 Å². The predicted molar refractivity (Wildman–Crippen MR) is 97.6 cm³/mol. The number of carbonyl (C=O) groups is 1. The Morgan fingerprint density at radius 2 is 2.04 bits per heavy atom. The molecule has 2 aromatic carbocycles. The minimum absolute atomic E-state index is 0.0815. The van der Waals surface area contributed by atoms with Gasteiger partial charge >= 0.3 is 0 Å². The van der Waals surface area contributed by atoms with Crippen molar-refractivity contribution >= 4 is 5.91 Å². The van der Waals surface area contributed by atoms with E-state index in [0.29, 0.717) is 25.2 Å². The van der Waals surface area contributed by atoms with Gasteiger partial charge in [0.2, 0.25) is 5.91 Å². The minimum Gasteiger partial charge on any atom is -0.496 e. The largest absolute Gasteiger partial charge is 0.496 e. The van der Waals surface area contributed by atoms with Gasteiger partial charge in [0, 0.05) is 25.2 Å². The summed E-state index contributed by atoms with van der Waals surface area (Å²) in [4.78, 5) is 14.6. The molecule has 1 aliphatic carbocycles. The van der Waals surface area contributed by atoms with Crippen LogP contribution in [-0.2, 0) is 24.2 Å². The van der Waals surface area contributed by atoms with Gasteiger partial charge in [-0.15, -0.1) is 0 Å². The van der Waals surface area contributed by atoms with Crippen LogP contribution in [0.15, 0.2) is 36.4 Å². The standard InChI is InChI=1S/C21H23FN2O2/c1-26-19-12-15-5-2-4-14(15)10-17(19)13-24-9-8-23-21(25)20(24)16-6-3-7-18(22)11-16/h3,6-7,10-12,20H,2,4-5,8-9,13H2,1H3,(H,23,25)/t20-/m0/s1. The lowest BCUT2D eigenvalue weighted by molar-refractivity contribution is -0.129. The fraction of sp³-hybridized carbons (Fsp3) is 0.381. The molecule has 0 bridgehead atoms. The molecule has 0 spiro atoms. The normalized spacial score (nSPS) is 19.9. The first-order valence-corrected chi connectivity index (χ1v) is 9.11. The molecule has 0 aromatic heterocycles. The van der Waals surface area contributed by atoms with E-state index >= 15 is 0 Å². The summed E-state index contributed by atoms with van der Waals surface area (Å²) < 4.78 is 19.3. The maximum Gasteiger partial charge on any atom is 0.242 e. The fourth-order valence-corrected chi connectivity index (χ4v) is 4.11. The molecule has 4 rings (SSSR count). The van der Waals surface area contributed by atoms with E-state index in [0.717, 1.165) is 24.2 Å². The minimum atomic E-state index is -0.489. The summed E-state index contributed by atoms with van der Waals surface area (Å²) in [6.07, 6.45) is 3.38. The summed E-state index contributed by atoms with van der Waals surface area (Å²) in [5.74, 6) is 0.465. The molecule has 1 aliphatic heterocycles. The number of hydrogen-bond acceptors (Lipinski definition) is 3. The number of piperazine rings is 1. The van der Waals surface area contributed by atoms with E-state index in [2.05, 4.69) is 22.3 Å². The number of fused-ring (bicyclic) bond motifs is 1. The Labute approximate surface area is 153 Å². The molecule has 1 atom stereocenters. The second kappa shape index (κ2) is 7.08. The average Bonchev–Trinajstić information content (AvgIpc) is 3.08. The maximum absolute atomic E-state index is 13.7. The van der Waals surface area contributed by atoms with Gasteiger partial charge in [-0.3, -0.25) is 9.69 Å². The smallest absolute Gasteiger partial charge is 0.242 e. The van der Waals surface area contributed by atoms with E-state index in [1.165, 1.54) is 29.7 Å². The average molecular weight is 354 g/mol. The zero-order chi connectivity index (χ0) is 18.1. The zero-order valence-electron chi connectivity index (χ0n) is 14.9. The number of methoxy groups -OCH3 is 1. The van der Waals surface area contributed by atoms with Crippen LogP contribution in [-0.4, -0.2) is 31.0 Å². The van der Waals surface area contributed by atoms with E-state index in [-0.39, 0.29) is 11.7 Å². The number of nitrogens with one attached hydrogen (secondary N) is 1. The van der Waals surface area contributed by atoms with Crippen LogP contribution in [0.1, 0.15) is 34.7 Å². The fourth-order valence-electron chi connectivity index (χ4n) is 4.11. The summed E-state index contributed by atoms with van der Waals surface area (Å²) in [7, 11) is 1.69. The number of amides is 1. The Hall–Kier alpha value is -2.40. The monoisotopic (exact) mass is 354 g/mol. The number of rotatable bonds is 4. The Morgan fingerprint density at radius 3 is 2.81 bits per heavy atom. The highest BCUT2D eigenvalue weighted by Crippen LogP contribution is 2.33. The predicted octanol–water partition coefficient (Wildman–Crippen LogP) is 3.00. The highest BCUT2D eigenvalue weighted by molar-refractivity contribution is 5.83. The lowest BCUT2D eigenvalue weighted by Gasteiger charge is -2.35. The van der Waals surface area contributed by atoms with E-state index < -0.39 is 6.04 Å². The van der Waals surface area contributed by atoms with E-state index in [4.69, 9.17) is 4.74 Å². The van der Waals surface area contributed by atoms with Crippen LogP contribution < -0.4 is 10.1 Å². The van der Waals surface area contributed by atoms with Crippen molar-refractivity contribution in [1.29, 1.82) is 0 Å². The number of benzene rings is 2. The van der Waals surface area contributed by atoms with Crippen LogP contribution in [0.3, 0.4) is 0 Å². The molecule has 1 saturated heterocycles. The SMILES string of the molecule is COc1cc2c(cc1CN1CCNC(=O)[C@@H]1c1cccc(F)c1)CCC2. The number of hydrogen-bond donors (Lipinski definition) is 1. The lowest BCUT2D eigenvalue weighted by atomic mass is 9.99. The summed E-state index contributed by atoms with van der Waals surface area (Å²) in [6, 6.07) is 10.2. The molecule has 26 heavy (non-hydrogen) atoms. The van der Waals surface area contributed by atoms with Crippen LogP contribution in [0.5, 0.6) is 5.75 Å². The van der Waals surface area contributed by atoms with Crippen molar-refractivity contribution in [2.75, 3.05) is 20.2 Å². The summed E-state index contributed by atoms with van der Waals surface area (Å²) in [6.45, 7) is 1.91. The molecule has 0 radical (unpaired) electrons. The van der Waals surface area contributed by atoms with Gasteiger partial charge in [0.15, 0.2) is 0 Å². The van der Waals surface area contributed by atoms with Crippen LogP contribution in [0, 0.1) is 5.82 Å². The quantitative estimate of drug-likeness (QED) is 0.918. The van der Waals surface area contributed by atoms with Crippen molar-refractivity contribution in [1.82, 2.24) is 10.2 Å². The Balaban J connectivity index is 1.66. The highest BCUT2D eigenvalue weighted by atomic mass is 19.1. The molecule has 136 valence electrons. The number of nitrogens with zero attached hydrogens (tertiary/aromatic N) is 1. The summed E-state index contributed by atoms with van der Waals surface area (Å²) >= 11 is 0. The number of carbonyl (C=O) groups excluding carboxylic acids is 1. The molecule has 2 aromatic rings. The maximum atomic E-state index is 13.7. The molecule has 1 N–H and O–H groups in total. The van der Waals surface area contributed by atoms with Gasteiger partial charge < -0.3 is 10.1 Å². The van der Waals surface area contributed by atoms with E-state index in [1.807, 2.05) is 6.07 Å². The molecule has 1 heterocycles. The molecule has 2 aliphatic rings. The van der Waals surface area contributed by atoms with Crippen LogP contribution in [0.2, 0.25) is 0 Å². The van der Waals surface area contributed by atoms with E-state index in [1.54, 1.807) is 13.2 Å². The van der Waals surface area contributed by atoms with Gasteiger partial charge in [0.05, 0.1) is 7.11 Å². The van der Waals surface area contributed by atoms with Crippen LogP contribution >= 0.6 is 0 Å². The Morgan fingerprint density at radius 1 is 1.23 bits per heavy atom. The third-order valence-electron chi connectivity index (χ3n) is 5.34. The first kappa shape index (κ1) is 17.0. The number of ether oxygens (including phenoxy) is 1. The van der Waals surface area contributed by atoms with Crippen molar-refractivity contribution in [2.24, 2.45) is 0 Å². The molecule has 1 amide bonds. The molecule has 0 saturated carbocycles. The van der Waals surface area contributed by atoms with Crippen LogP contribution in [0.25, 0.3) is 0 Å². The van der Waals surface area contributed by atoms with Crippen molar-refractivity contribution in [2.45, 2.75) is 31.8 Å². The van der Waals surface area contributed by atoms with E-state index in [9.17, 15) is 9.18 Å².